The fourth-order valence-electron chi connectivity index (χ4n) is 0.758. The number of nitrogens with one attached hydrogen (secondary N) is 1. The van der Waals surface area contributed by atoms with E-state index in [-0.39, 0.29) is 12.5 Å². The van der Waals surface area contributed by atoms with E-state index < -0.39 is 0 Å². The molecule has 0 saturated carbocycles. The van der Waals surface area contributed by atoms with Gasteiger partial charge in [-0.1, -0.05) is 5.92 Å². The van der Waals surface area contributed by atoms with Gasteiger partial charge in [0.2, 0.25) is 0 Å². The van der Waals surface area contributed by atoms with E-state index in [1.165, 1.54) is 0 Å². The minimum atomic E-state index is -0.242. The van der Waals surface area contributed by atoms with Crippen LogP contribution in [0.2, 0.25) is 0 Å². The molecule has 0 unspecified atom stereocenters. The van der Waals surface area contributed by atoms with Gasteiger partial charge in [-0.25, -0.2) is 0 Å². The number of terminal acetylenes is 1. The minimum Gasteiger partial charge on any atom is -0.340 e. The third kappa shape index (κ3) is 1.86. The van der Waals surface area contributed by atoms with E-state index in [9.17, 15) is 4.79 Å². The van der Waals surface area contributed by atoms with Crippen molar-refractivity contribution in [1.29, 1.82) is 0 Å². The first-order chi connectivity index (χ1) is 5.74. The van der Waals surface area contributed by atoms with Gasteiger partial charge in [-0.2, -0.15) is 5.10 Å². The van der Waals surface area contributed by atoms with Crippen LogP contribution < -0.4 is 5.32 Å². The first-order valence-corrected chi connectivity index (χ1v) is 3.45. The maximum absolute atomic E-state index is 11.1. The summed E-state index contributed by atoms with van der Waals surface area (Å²) >= 11 is 0. The minimum absolute atomic E-state index is 0.232. The lowest BCUT2D eigenvalue weighted by Crippen LogP contribution is -2.24. The lowest BCUT2D eigenvalue weighted by atomic mass is 10.4. The van der Waals surface area contributed by atoms with Crippen LogP contribution in [0.25, 0.3) is 0 Å². The van der Waals surface area contributed by atoms with Crippen molar-refractivity contribution >= 4 is 5.91 Å². The van der Waals surface area contributed by atoms with Crippen molar-refractivity contribution in [2.75, 3.05) is 6.54 Å². The summed E-state index contributed by atoms with van der Waals surface area (Å²) < 4.78 is 1.56. The van der Waals surface area contributed by atoms with Crippen LogP contribution in [0.1, 0.15) is 10.5 Å². The standard InChI is InChI=1S/C8H9N3O/c1-3-5-9-8(12)7-4-6-11(2)10-7/h1,4,6H,5H2,2H3,(H,9,12). The van der Waals surface area contributed by atoms with Crippen LogP contribution >= 0.6 is 0 Å². The molecule has 1 N–H and O–H groups in total. The third-order valence-electron chi connectivity index (χ3n) is 1.30. The zero-order valence-electron chi connectivity index (χ0n) is 6.74. The molecule has 1 aromatic rings. The quantitative estimate of drug-likeness (QED) is 0.613. The molecule has 1 heterocycles. The Hall–Kier alpha value is -1.76. The second-order valence-corrected chi connectivity index (χ2v) is 2.26. The fourth-order valence-corrected chi connectivity index (χ4v) is 0.758. The van der Waals surface area contributed by atoms with E-state index in [1.807, 2.05) is 0 Å². The molecule has 1 amide bonds. The van der Waals surface area contributed by atoms with Crippen molar-refractivity contribution in [1.82, 2.24) is 15.1 Å². The van der Waals surface area contributed by atoms with Crippen LogP contribution in [-0.4, -0.2) is 22.2 Å². The van der Waals surface area contributed by atoms with Gasteiger partial charge in [0.05, 0.1) is 6.54 Å². The molecule has 0 fully saturated rings. The summed E-state index contributed by atoms with van der Waals surface area (Å²) in [6.07, 6.45) is 6.67. The van der Waals surface area contributed by atoms with Gasteiger partial charge < -0.3 is 5.32 Å². The molecule has 0 radical (unpaired) electrons. The molecule has 0 saturated heterocycles. The van der Waals surface area contributed by atoms with Crippen molar-refractivity contribution in [2.24, 2.45) is 7.05 Å². The van der Waals surface area contributed by atoms with Crippen LogP contribution in [0, 0.1) is 12.3 Å². The van der Waals surface area contributed by atoms with E-state index in [0.29, 0.717) is 5.69 Å². The van der Waals surface area contributed by atoms with Crippen LogP contribution in [0.15, 0.2) is 12.3 Å². The van der Waals surface area contributed by atoms with E-state index in [4.69, 9.17) is 6.42 Å². The Balaban J connectivity index is 2.61. The SMILES string of the molecule is C#CCNC(=O)c1ccn(C)n1. The second-order valence-electron chi connectivity index (χ2n) is 2.26. The van der Waals surface area contributed by atoms with E-state index in [2.05, 4.69) is 16.3 Å². The number of carbonyl (C=O) groups excluding carboxylic acids is 1. The summed E-state index contributed by atoms with van der Waals surface area (Å²) in [6.45, 7) is 0.232. The largest absolute Gasteiger partial charge is 0.340 e. The number of aromatic nitrogens is 2. The van der Waals surface area contributed by atoms with Crippen LogP contribution in [0.5, 0.6) is 0 Å². The molecule has 1 aromatic heterocycles. The second kappa shape index (κ2) is 3.58. The Morgan fingerprint density at radius 1 is 1.92 bits per heavy atom. The lowest BCUT2D eigenvalue weighted by Gasteiger charge is -1.95. The third-order valence-corrected chi connectivity index (χ3v) is 1.30. The molecule has 0 aliphatic heterocycles. The molecule has 4 heteroatoms. The molecule has 4 nitrogen and oxygen atoms in total. The highest BCUT2D eigenvalue weighted by molar-refractivity contribution is 5.92. The molecule has 12 heavy (non-hydrogen) atoms. The highest BCUT2D eigenvalue weighted by atomic mass is 16.1. The first-order valence-electron chi connectivity index (χ1n) is 3.45. The molecule has 0 spiro atoms. The molecular weight excluding hydrogens is 154 g/mol. The van der Waals surface area contributed by atoms with Gasteiger partial charge in [-0.15, -0.1) is 6.42 Å². The lowest BCUT2D eigenvalue weighted by molar-refractivity contribution is 0.0953. The molecule has 0 atom stereocenters. The van der Waals surface area contributed by atoms with E-state index >= 15 is 0 Å². The van der Waals surface area contributed by atoms with Gasteiger partial charge in [0.25, 0.3) is 5.91 Å². The van der Waals surface area contributed by atoms with Crippen molar-refractivity contribution in [3.05, 3.63) is 18.0 Å². The average Bonchev–Trinajstić information content (AvgIpc) is 2.47. The molecule has 62 valence electrons. The van der Waals surface area contributed by atoms with Gasteiger partial charge in [0, 0.05) is 13.2 Å². The number of carbonyl (C=O) groups is 1. The average molecular weight is 163 g/mol. The van der Waals surface area contributed by atoms with Crippen LogP contribution in [-0.2, 0) is 7.05 Å². The Bertz CT molecular complexity index is 321. The van der Waals surface area contributed by atoms with Crippen molar-refractivity contribution in [2.45, 2.75) is 0 Å². The highest BCUT2D eigenvalue weighted by Gasteiger charge is 2.05. The molecule has 0 bridgehead atoms. The van der Waals surface area contributed by atoms with Crippen LogP contribution in [0.3, 0.4) is 0 Å². The van der Waals surface area contributed by atoms with Crippen molar-refractivity contribution in [3.63, 3.8) is 0 Å². The number of hydrogen-bond donors (Lipinski definition) is 1. The van der Waals surface area contributed by atoms with E-state index in [1.54, 1.807) is 24.0 Å². The highest BCUT2D eigenvalue weighted by Crippen LogP contribution is 1.92. The predicted molar refractivity (Wildman–Crippen MR) is 44.4 cm³/mol. The zero-order chi connectivity index (χ0) is 8.97. The molecule has 0 aliphatic rings. The van der Waals surface area contributed by atoms with Gasteiger partial charge in [-0.05, 0) is 6.07 Å². The zero-order valence-corrected chi connectivity index (χ0v) is 6.74. The molecule has 1 rings (SSSR count). The van der Waals surface area contributed by atoms with Gasteiger partial charge in [0.1, 0.15) is 5.69 Å². The maximum Gasteiger partial charge on any atom is 0.272 e. The number of amides is 1. The first kappa shape index (κ1) is 8.34. The summed E-state index contributed by atoms with van der Waals surface area (Å²) in [6, 6.07) is 1.63. The summed E-state index contributed by atoms with van der Waals surface area (Å²) in [7, 11) is 1.75. The predicted octanol–water partition coefficient (Wildman–Crippen LogP) is -0.217. The van der Waals surface area contributed by atoms with Crippen molar-refractivity contribution < 1.29 is 4.79 Å². The summed E-state index contributed by atoms with van der Waals surface area (Å²) in [4.78, 5) is 11.1. The van der Waals surface area contributed by atoms with Crippen LogP contribution in [0.4, 0.5) is 0 Å². The monoisotopic (exact) mass is 163 g/mol. The number of rotatable bonds is 2. The topological polar surface area (TPSA) is 46.9 Å². The Kier molecular flexibility index (Phi) is 2.49. The number of hydrogen-bond acceptors (Lipinski definition) is 2. The normalized spacial score (nSPS) is 9.00. The molecule has 0 aromatic carbocycles. The fraction of sp³-hybridized carbons (Fsp3) is 0.250. The Morgan fingerprint density at radius 3 is 3.17 bits per heavy atom. The summed E-state index contributed by atoms with van der Waals surface area (Å²) in [5, 5.41) is 6.41. The molecular formula is C8H9N3O. The molecule has 0 aliphatic carbocycles. The van der Waals surface area contributed by atoms with Gasteiger partial charge in [0.15, 0.2) is 0 Å². The van der Waals surface area contributed by atoms with Crippen molar-refractivity contribution in [3.8, 4) is 12.3 Å². The Morgan fingerprint density at radius 2 is 2.67 bits per heavy atom. The maximum atomic E-state index is 11.1. The van der Waals surface area contributed by atoms with E-state index in [0.717, 1.165) is 0 Å². The Labute approximate surface area is 70.6 Å². The number of aryl methyl sites for hydroxylation is 1. The number of nitrogens with zero attached hydrogens (tertiary/aromatic N) is 2. The summed E-state index contributed by atoms with van der Waals surface area (Å²) in [5.74, 6) is 2.07. The summed E-state index contributed by atoms with van der Waals surface area (Å²) in [5.41, 5.74) is 0.382. The smallest absolute Gasteiger partial charge is 0.272 e. The van der Waals surface area contributed by atoms with Gasteiger partial charge in [-0.3, -0.25) is 9.48 Å². The van der Waals surface area contributed by atoms with Gasteiger partial charge >= 0.3 is 0 Å².